The van der Waals surface area contributed by atoms with E-state index in [2.05, 4.69) is 0 Å². The quantitative estimate of drug-likeness (QED) is 0.716. The van der Waals surface area contributed by atoms with E-state index in [1.165, 1.54) is 21.7 Å². The molecule has 1 aromatic heterocycles. The number of piperazine rings is 1. The molecule has 0 radical (unpaired) electrons. The summed E-state index contributed by atoms with van der Waals surface area (Å²) < 4.78 is 32.2. The maximum absolute atomic E-state index is 12.5. The number of carbonyl (C=O) groups excluding carboxylic acids is 1. The first kappa shape index (κ1) is 19.6. The molecule has 0 saturated carbocycles. The molecule has 1 saturated heterocycles. The van der Waals surface area contributed by atoms with Crippen LogP contribution in [0.3, 0.4) is 0 Å². The molecule has 1 aliphatic heterocycles. The molecular formula is C19H22N2O4S2. The Morgan fingerprint density at radius 2 is 1.93 bits per heavy atom. The van der Waals surface area contributed by atoms with Crippen molar-refractivity contribution in [2.45, 2.75) is 11.1 Å². The van der Waals surface area contributed by atoms with Gasteiger partial charge in [-0.15, -0.1) is 11.3 Å². The predicted molar refractivity (Wildman–Crippen MR) is 106 cm³/mol. The lowest BCUT2D eigenvalue weighted by atomic mass is 10.1. The number of aryl methyl sites for hydroxylation is 1. The fourth-order valence-electron chi connectivity index (χ4n) is 2.94. The number of benzene rings is 1. The van der Waals surface area contributed by atoms with Crippen molar-refractivity contribution in [3.05, 3.63) is 52.9 Å². The van der Waals surface area contributed by atoms with Gasteiger partial charge in [0.15, 0.2) is 0 Å². The molecule has 8 heteroatoms. The van der Waals surface area contributed by atoms with Crippen molar-refractivity contribution in [3.63, 3.8) is 0 Å². The lowest BCUT2D eigenvalue weighted by molar-refractivity contribution is -0.127. The van der Waals surface area contributed by atoms with Crippen LogP contribution >= 0.6 is 11.3 Å². The molecule has 1 aliphatic rings. The molecule has 1 aromatic carbocycles. The number of nitrogens with zero attached hydrogens (tertiary/aromatic N) is 2. The average molecular weight is 407 g/mol. The van der Waals surface area contributed by atoms with Gasteiger partial charge in [-0.25, -0.2) is 8.42 Å². The zero-order valence-corrected chi connectivity index (χ0v) is 16.9. The maximum Gasteiger partial charge on any atom is 0.252 e. The Labute approximate surface area is 163 Å². The smallest absolute Gasteiger partial charge is 0.252 e. The van der Waals surface area contributed by atoms with E-state index in [9.17, 15) is 13.2 Å². The molecule has 0 N–H and O–H groups in total. The molecule has 144 valence electrons. The highest BCUT2D eigenvalue weighted by Crippen LogP contribution is 2.23. The molecule has 0 atom stereocenters. The van der Waals surface area contributed by atoms with E-state index >= 15 is 0 Å². The SMILES string of the molecule is COc1ccc(C)cc1/C=C/C(=O)N1CCN(S(=O)(=O)c2cccs2)CC1. The van der Waals surface area contributed by atoms with Gasteiger partial charge in [0, 0.05) is 37.8 Å². The third-order valence-corrected chi connectivity index (χ3v) is 7.70. The number of carbonyl (C=O) groups is 1. The maximum atomic E-state index is 12.5. The number of thiophene rings is 1. The van der Waals surface area contributed by atoms with Crippen molar-refractivity contribution in [1.29, 1.82) is 0 Å². The average Bonchev–Trinajstić information content (AvgIpc) is 3.22. The number of sulfonamides is 1. The number of amides is 1. The van der Waals surface area contributed by atoms with Crippen LogP contribution in [-0.2, 0) is 14.8 Å². The van der Waals surface area contributed by atoms with E-state index in [-0.39, 0.29) is 5.91 Å². The summed E-state index contributed by atoms with van der Waals surface area (Å²) in [6.07, 6.45) is 3.25. The van der Waals surface area contributed by atoms with Gasteiger partial charge in [0.05, 0.1) is 7.11 Å². The van der Waals surface area contributed by atoms with E-state index in [0.717, 1.165) is 11.1 Å². The minimum atomic E-state index is -3.46. The lowest BCUT2D eigenvalue weighted by Crippen LogP contribution is -2.50. The molecule has 0 unspecified atom stereocenters. The van der Waals surface area contributed by atoms with Gasteiger partial charge in [0.2, 0.25) is 5.91 Å². The van der Waals surface area contributed by atoms with Gasteiger partial charge in [-0.2, -0.15) is 4.31 Å². The number of hydrogen-bond donors (Lipinski definition) is 0. The zero-order valence-electron chi connectivity index (χ0n) is 15.3. The second-order valence-electron chi connectivity index (χ2n) is 6.24. The number of ether oxygens (including phenoxy) is 1. The Morgan fingerprint density at radius 3 is 2.56 bits per heavy atom. The summed E-state index contributed by atoms with van der Waals surface area (Å²) in [6.45, 7) is 3.32. The van der Waals surface area contributed by atoms with Crippen molar-refractivity contribution in [3.8, 4) is 5.75 Å². The summed E-state index contributed by atoms with van der Waals surface area (Å²) in [4.78, 5) is 14.1. The molecule has 2 heterocycles. The van der Waals surface area contributed by atoms with Crippen LogP contribution in [0.4, 0.5) is 0 Å². The first-order valence-electron chi connectivity index (χ1n) is 8.57. The Kier molecular flexibility index (Phi) is 5.98. The van der Waals surface area contributed by atoms with E-state index in [4.69, 9.17) is 4.74 Å². The van der Waals surface area contributed by atoms with Gasteiger partial charge in [0.25, 0.3) is 10.0 Å². The van der Waals surface area contributed by atoms with Crippen LogP contribution in [0.25, 0.3) is 6.08 Å². The van der Waals surface area contributed by atoms with Gasteiger partial charge in [0.1, 0.15) is 9.96 Å². The lowest BCUT2D eigenvalue weighted by Gasteiger charge is -2.33. The molecule has 0 spiro atoms. The highest BCUT2D eigenvalue weighted by atomic mass is 32.2. The molecule has 0 bridgehead atoms. The third-order valence-electron chi connectivity index (χ3n) is 4.43. The van der Waals surface area contributed by atoms with Crippen LogP contribution in [0.1, 0.15) is 11.1 Å². The van der Waals surface area contributed by atoms with Crippen molar-refractivity contribution in [2.75, 3.05) is 33.3 Å². The predicted octanol–water partition coefficient (Wildman–Crippen LogP) is 2.61. The highest BCUT2D eigenvalue weighted by molar-refractivity contribution is 7.91. The van der Waals surface area contributed by atoms with Crippen LogP contribution in [-0.4, -0.2) is 56.8 Å². The minimum Gasteiger partial charge on any atom is -0.496 e. The highest BCUT2D eigenvalue weighted by Gasteiger charge is 2.30. The molecule has 27 heavy (non-hydrogen) atoms. The van der Waals surface area contributed by atoms with Crippen molar-refractivity contribution in [1.82, 2.24) is 9.21 Å². The van der Waals surface area contributed by atoms with Gasteiger partial charge < -0.3 is 9.64 Å². The summed E-state index contributed by atoms with van der Waals surface area (Å²) >= 11 is 1.21. The van der Waals surface area contributed by atoms with Crippen LogP contribution in [0.5, 0.6) is 5.75 Å². The largest absolute Gasteiger partial charge is 0.496 e. The Morgan fingerprint density at radius 1 is 1.19 bits per heavy atom. The third kappa shape index (κ3) is 4.40. The zero-order chi connectivity index (χ0) is 19.4. The molecule has 1 fully saturated rings. The van der Waals surface area contributed by atoms with Gasteiger partial charge >= 0.3 is 0 Å². The van der Waals surface area contributed by atoms with Crippen LogP contribution in [0.15, 0.2) is 46.0 Å². The molecule has 6 nitrogen and oxygen atoms in total. The van der Waals surface area contributed by atoms with Gasteiger partial charge in [-0.05, 0) is 36.6 Å². The Balaban J connectivity index is 1.63. The summed E-state index contributed by atoms with van der Waals surface area (Å²) in [5.74, 6) is 0.572. The Bertz CT molecular complexity index is 929. The van der Waals surface area contributed by atoms with Crippen molar-refractivity contribution < 1.29 is 17.9 Å². The van der Waals surface area contributed by atoms with Crippen LogP contribution < -0.4 is 4.74 Å². The minimum absolute atomic E-state index is 0.133. The summed E-state index contributed by atoms with van der Waals surface area (Å²) in [5, 5.41) is 1.75. The second-order valence-corrected chi connectivity index (χ2v) is 9.35. The summed E-state index contributed by atoms with van der Waals surface area (Å²) in [5.41, 5.74) is 1.92. The van der Waals surface area contributed by atoms with Crippen molar-refractivity contribution in [2.24, 2.45) is 0 Å². The van der Waals surface area contributed by atoms with E-state index in [1.807, 2.05) is 25.1 Å². The van der Waals surface area contributed by atoms with Crippen LogP contribution in [0.2, 0.25) is 0 Å². The van der Waals surface area contributed by atoms with E-state index in [1.54, 1.807) is 35.6 Å². The molecule has 1 amide bonds. The van der Waals surface area contributed by atoms with E-state index in [0.29, 0.717) is 36.1 Å². The van der Waals surface area contributed by atoms with Crippen LogP contribution in [0, 0.1) is 6.92 Å². The fraction of sp³-hybridized carbons (Fsp3) is 0.316. The molecular weight excluding hydrogens is 384 g/mol. The van der Waals surface area contributed by atoms with Crippen molar-refractivity contribution >= 4 is 33.3 Å². The normalized spacial score (nSPS) is 16.0. The number of methoxy groups -OCH3 is 1. The number of hydrogen-bond acceptors (Lipinski definition) is 5. The second kappa shape index (κ2) is 8.24. The molecule has 3 rings (SSSR count). The van der Waals surface area contributed by atoms with Gasteiger partial charge in [-0.1, -0.05) is 17.7 Å². The van der Waals surface area contributed by atoms with Gasteiger partial charge in [-0.3, -0.25) is 4.79 Å². The monoisotopic (exact) mass is 406 g/mol. The number of rotatable bonds is 5. The first-order chi connectivity index (χ1) is 12.9. The Hall–Kier alpha value is -2.16. The topological polar surface area (TPSA) is 66.9 Å². The van der Waals surface area contributed by atoms with E-state index < -0.39 is 10.0 Å². The summed E-state index contributed by atoms with van der Waals surface area (Å²) in [7, 11) is -1.86. The molecule has 2 aromatic rings. The first-order valence-corrected chi connectivity index (χ1v) is 10.9. The molecule has 0 aliphatic carbocycles. The fourth-order valence-corrected chi connectivity index (χ4v) is 5.50. The standard InChI is InChI=1S/C19H22N2O4S2/c1-15-5-7-17(25-2)16(14-15)6-8-18(22)20-9-11-21(12-10-20)27(23,24)19-4-3-13-26-19/h3-8,13-14H,9-12H2,1-2H3/b8-6+. The summed E-state index contributed by atoms with van der Waals surface area (Å²) in [6, 6.07) is 9.10.